The van der Waals surface area contributed by atoms with E-state index in [-0.39, 0.29) is 11.7 Å². The zero-order valence-corrected chi connectivity index (χ0v) is 20.0. The Morgan fingerprint density at radius 1 is 0.939 bits per heavy atom. The van der Waals surface area contributed by atoms with Crippen molar-refractivity contribution in [3.8, 4) is 0 Å². The summed E-state index contributed by atoms with van der Waals surface area (Å²) < 4.78 is 19.0. The number of ether oxygens (including phenoxy) is 1. The average Bonchev–Trinajstić information content (AvgIpc) is 3.02. The fourth-order valence-electron chi connectivity index (χ4n) is 5.38. The van der Waals surface area contributed by atoms with Crippen LogP contribution in [0.3, 0.4) is 0 Å². The first kappa shape index (κ1) is 23.1. The maximum atomic E-state index is 13.9. The number of rotatable bonds is 5. The van der Waals surface area contributed by atoms with Gasteiger partial charge >= 0.3 is 0 Å². The molecule has 2 aromatic rings. The van der Waals surface area contributed by atoms with Gasteiger partial charge in [0.05, 0.1) is 28.7 Å². The van der Waals surface area contributed by atoms with Crippen LogP contribution >= 0.6 is 23.2 Å². The Morgan fingerprint density at radius 3 is 2.39 bits per heavy atom. The van der Waals surface area contributed by atoms with Crippen molar-refractivity contribution in [1.29, 1.82) is 0 Å². The third-order valence-electron chi connectivity index (χ3n) is 7.25. The third-order valence-corrected chi connectivity index (χ3v) is 7.97. The van der Waals surface area contributed by atoms with Crippen LogP contribution in [-0.2, 0) is 21.5 Å². The molecule has 1 amide bonds. The lowest BCUT2D eigenvalue weighted by Crippen LogP contribution is -2.50. The normalized spacial score (nSPS) is 21.1. The van der Waals surface area contributed by atoms with Gasteiger partial charge in [-0.3, -0.25) is 14.6 Å². The Bertz CT molecular complexity index is 1040. The van der Waals surface area contributed by atoms with E-state index in [0.717, 1.165) is 62.8 Å². The first-order valence-corrected chi connectivity index (χ1v) is 12.3. The quantitative estimate of drug-likeness (QED) is 0.622. The summed E-state index contributed by atoms with van der Waals surface area (Å²) in [4.78, 5) is 20.4. The smallest absolute Gasteiger partial charge is 0.237 e. The van der Waals surface area contributed by atoms with Crippen molar-refractivity contribution in [2.45, 2.75) is 24.8 Å². The molecule has 3 aliphatic heterocycles. The summed E-state index contributed by atoms with van der Waals surface area (Å²) in [6, 6.07) is 10.5. The van der Waals surface area contributed by atoms with Gasteiger partial charge in [-0.1, -0.05) is 35.3 Å². The molecular weight excluding hydrogens is 464 g/mol. The molecular formula is C25H28Cl2FN3O2. The highest BCUT2D eigenvalue weighted by Gasteiger charge is 2.52. The molecule has 0 saturated carbocycles. The number of morpholine rings is 1. The van der Waals surface area contributed by atoms with E-state index in [2.05, 4.69) is 9.80 Å². The molecule has 1 spiro atoms. The highest BCUT2D eigenvalue weighted by Crippen LogP contribution is 2.50. The molecule has 0 aromatic heterocycles. The summed E-state index contributed by atoms with van der Waals surface area (Å²) in [5.74, 6) is -0.0715. The number of fused-ring (bicyclic) bond motifs is 2. The van der Waals surface area contributed by atoms with E-state index in [9.17, 15) is 9.18 Å². The molecule has 0 unspecified atom stereocenters. The number of carbonyl (C=O) groups is 1. The topological polar surface area (TPSA) is 36.0 Å². The molecule has 5 rings (SSSR count). The van der Waals surface area contributed by atoms with E-state index in [1.807, 2.05) is 23.1 Å². The Balaban J connectivity index is 1.35. The number of hydrogen-bond acceptors (Lipinski definition) is 4. The Labute approximate surface area is 204 Å². The maximum Gasteiger partial charge on any atom is 0.237 e. The molecule has 3 aliphatic rings. The lowest BCUT2D eigenvalue weighted by molar-refractivity contribution is -0.125. The largest absolute Gasteiger partial charge is 0.379 e. The summed E-state index contributed by atoms with van der Waals surface area (Å²) in [5.41, 5.74) is 2.26. The molecule has 2 aromatic carbocycles. The van der Waals surface area contributed by atoms with E-state index in [0.29, 0.717) is 36.0 Å². The van der Waals surface area contributed by atoms with Crippen molar-refractivity contribution >= 4 is 34.8 Å². The molecule has 33 heavy (non-hydrogen) atoms. The summed E-state index contributed by atoms with van der Waals surface area (Å²) in [6.07, 6.45) is 1.42. The standard InChI is InChI=1S/C25H28Cl2FN3O2/c26-21-15-20-23(16-22(21)27)31(9-8-29-10-12-33-13-11-29)24(32)25(20)4-6-30(7-5-25)17-18-2-1-3-19(28)14-18/h1-3,14-16H,4-13,17H2. The van der Waals surface area contributed by atoms with Crippen molar-refractivity contribution in [2.75, 3.05) is 57.4 Å². The number of nitrogens with zero attached hydrogens (tertiary/aromatic N) is 3. The van der Waals surface area contributed by atoms with Gasteiger partial charge in [-0.2, -0.15) is 0 Å². The minimum Gasteiger partial charge on any atom is -0.379 e. The maximum absolute atomic E-state index is 13.9. The van der Waals surface area contributed by atoms with Crippen molar-refractivity contribution in [3.63, 3.8) is 0 Å². The second-order valence-electron chi connectivity index (χ2n) is 9.18. The minimum absolute atomic E-state index is 0.148. The molecule has 2 fully saturated rings. The Morgan fingerprint density at radius 2 is 1.67 bits per heavy atom. The predicted octanol–water partition coefficient (Wildman–Crippen LogP) is 4.35. The van der Waals surface area contributed by atoms with Crippen molar-refractivity contribution in [3.05, 3.63) is 63.4 Å². The number of halogens is 3. The lowest BCUT2D eigenvalue weighted by Gasteiger charge is -2.38. The molecule has 0 atom stereocenters. The number of amides is 1. The fourth-order valence-corrected chi connectivity index (χ4v) is 5.71. The zero-order valence-electron chi connectivity index (χ0n) is 18.5. The van der Waals surface area contributed by atoms with Gasteiger partial charge < -0.3 is 9.64 Å². The summed E-state index contributed by atoms with van der Waals surface area (Å²) >= 11 is 12.8. The number of carbonyl (C=O) groups excluding carboxylic acids is 1. The summed E-state index contributed by atoms with van der Waals surface area (Å²) in [6.45, 7) is 6.87. The van der Waals surface area contributed by atoms with Gasteiger partial charge in [-0.25, -0.2) is 4.39 Å². The van der Waals surface area contributed by atoms with Gasteiger partial charge in [-0.15, -0.1) is 0 Å². The van der Waals surface area contributed by atoms with Gasteiger partial charge in [0.25, 0.3) is 0 Å². The van der Waals surface area contributed by atoms with Gasteiger partial charge in [-0.05, 0) is 61.3 Å². The lowest BCUT2D eigenvalue weighted by atomic mass is 9.73. The second-order valence-corrected chi connectivity index (χ2v) is 10.00. The highest BCUT2D eigenvalue weighted by atomic mass is 35.5. The predicted molar refractivity (Wildman–Crippen MR) is 129 cm³/mol. The van der Waals surface area contributed by atoms with Crippen LogP contribution < -0.4 is 4.90 Å². The third kappa shape index (κ3) is 4.52. The van der Waals surface area contributed by atoms with E-state index in [1.54, 1.807) is 12.1 Å². The van der Waals surface area contributed by atoms with Gasteiger partial charge in [0.2, 0.25) is 5.91 Å². The van der Waals surface area contributed by atoms with E-state index in [4.69, 9.17) is 27.9 Å². The molecule has 5 nitrogen and oxygen atoms in total. The van der Waals surface area contributed by atoms with Crippen LogP contribution in [0.5, 0.6) is 0 Å². The molecule has 8 heteroatoms. The van der Waals surface area contributed by atoms with Crippen LogP contribution in [0.4, 0.5) is 10.1 Å². The van der Waals surface area contributed by atoms with Crippen LogP contribution in [0.2, 0.25) is 10.0 Å². The summed E-state index contributed by atoms with van der Waals surface area (Å²) in [7, 11) is 0. The number of hydrogen-bond donors (Lipinski definition) is 0. The van der Waals surface area contributed by atoms with Crippen LogP contribution in [-0.4, -0.2) is 68.2 Å². The number of likely N-dealkylation sites (tertiary alicyclic amines) is 1. The average molecular weight is 492 g/mol. The number of benzene rings is 2. The van der Waals surface area contributed by atoms with Crippen LogP contribution in [0.15, 0.2) is 36.4 Å². The number of piperidine rings is 1. The van der Waals surface area contributed by atoms with Crippen molar-refractivity contribution < 1.29 is 13.9 Å². The summed E-state index contributed by atoms with van der Waals surface area (Å²) in [5, 5.41) is 0.958. The molecule has 3 heterocycles. The van der Waals surface area contributed by atoms with Gasteiger partial charge in [0, 0.05) is 38.4 Å². The van der Waals surface area contributed by atoms with E-state index < -0.39 is 5.41 Å². The van der Waals surface area contributed by atoms with Gasteiger partial charge in [0.15, 0.2) is 0 Å². The Hall–Kier alpha value is -1.70. The molecule has 2 saturated heterocycles. The SMILES string of the molecule is O=C1N(CCN2CCOCC2)c2cc(Cl)c(Cl)cc2C12CCN(Cc1cccc(F)c1)CC2. The van der Waals surface area contributed by atoms with Crippen LogP contribution in [0.25, 0.3) is 0 Å². The molecule has 0 N–H and O–H groups in total. The molecule has 176 valence electrons. The van der Waals surface area contributed by atoms with Gasteiger partial charge in [0.1, 0.15) is 5.82 Å². The first-order chi connectivity index (χ1) is 16.0. The van der Waals surface area contributed by atoms with Crippen molar-refractivity contribution in [2.24, 2.45) is 0 Å². The molecule has 0 radical (unpaired) electrons. The Kier molecular flexibility index (Phi) is 6.65. The van der Waals surface area contributed by atoms with Crippen LogP contribution in [0, 0.1) is 5.82 Å². The number of anilines is 1. The molecule has 0 aliphatic carbocycles. The molecule has 0 bridgehead atoms. The van der Waals surface area contributed by atoms with E-state index >= 15 is 0 Å². The highest BCUT2D eigenvalue weighted by molar-refractivity contribution is 6.42. The minimum atomic E-state index is -0.576. The fraction of sp³-hybridized carbons (Fsp3) is 0.480. The first-order valence-electron chi connectivity index (χ1n) is 11.5. The van der Waals surface area contributed by atoms with Crippen LogP contribution in [0.1, 0.15) is 24.0 Å². The van der Waals surface area contributed by atoms with E-state index in [1.165, 1.54) is 6.07 Å². The van der Waals surface area contributed by atoms with Crippen molar-refractivity contribution in [1.82, 2.24) is 9.80 Å². The zero-order chi connectivity index (χ0) is 23.0. The monoisotopic (exact) mass is 491 g/mol. The second kappa shape index (κ2) is 9.51.